The molecule has 0 saturated heterocycles. The van der Waals surface area contributed by atoms with E-state index < -0.39 is 0 Å². The van der Waals surface area contributed by atoms with Crippen LogP contribution < -0.4 is 0 Å². The topological polar surface area (TPSA) is 78.9 Å². The normalized spacial score (nSPS) is 11.0. The van der Waals surface area contributed by atoms with Gasteiger partial charge in [0.2, 0.25) is 0 Å². The molecule has 6 nitrogen and oxygen atoms in total. The number of carbonyl (C=O) groups excluding carboxylic acids is 3. The number of hydrogen-bond acceptors (Lipinski definition) is 9. The molecule has 0 heterocycles. The Labute approximate surface area is 512 Å². The van der Waals surface area contributed by atoms with Gasteiger partial charge in [0, 0.05) is 17.3 Å². The summed E-state index contributed by atoms with van der Waals surface area (Å²) in [5.41, 5.74) is 0. The fraction of sp³-hybridized carbons (Fsp3) is 0.955. The van der Waals surface area contributed by atoms with Crippen LogP contribution in [0.1, 0.15) is 350 Å². The summed E-state index contributed by atoms with van der Waals surface area (Å²) in [4.78, 5) is 33.4. The van der Waals surface area contributed by atoms with E-state index in [0.29, 0.717) is 56.3 Å². The number of esters is 3. The van der Waals surface area contributed by atoms with E-state index in [1.807, 2.05) is 0 Å². The van der Waals surface area contributed by atoms with Gasteiger partial charge < -0.3 is 14.2 Å². The average molecular weight is 1250 g/mol. The van der Waals surface area contributed by atoms with Gasteiger partial charge in [-0.05, 0) is 37.0 Å². The van der Waals surface area contributed by atoms with Crippen LogP contribution in [0.4, 0.5) is 0 Å². The Bertz CT molecular complexity index is 981. The molecular formula is C67H135O6S3Sn. The molecule has 0 saturated carbocycles. The second-order valence-electron chi connectivity index (χ2n) is 23.5. The SMILES string of the molecule is CC(C)CCCCCCCCCCCCCCCOC(=O)CCS.CC(C)CCCCCCCCCCCCCCCOC(=O)CCS.CC(C)CCCCCCCCCCCCCCCOC(=O)CCS.CCC[CH2][Sn]. The summed E-state index contributed by atoms with van der Waals surface area (Å²) in [6, 6.07) is 0. The monoisotopic (exact) mass is 1250 g/mol. The molecule has 3 radical (unpaired) electrons. The van der Waals surface area contributed by atoms with Crippen molar-refractivity contribution in [2.45, 2.75) is 355 Å². The molecule has 0 unspecified atom stereocenters. The fourth-order valence-corrected chi connectivity index (χ4v) is 10.6. The fourth-order valence-electron chi connectivity index (χ4n) is 9.02. The van der Waals surface area contributed by atoms with E-state index in [4.69, 9.17) is 14.2 Å². The molecule has 0 spiro atoms. The molecule has 0 bridgehead atoms. The molecule has 10 heteroatoms. The minimum absolute atomic E-state index is 0.107. The maximum absolute atomic E-state index is 11.1. The third-order valence-electron chi connectivity index (χ3n) is 14.0. The van der Waals surface area contributed by atoms with Gasteiger partial charge in [0.15, 0.2) is 0 Å². The summed E-state index contributed by atoms with van der Waals surface area (Å²) in [7, 11) is 0. The Balaban J connectivity index is -0.000000495. The van der Waals surface area contributed by atoms with Gasteiger partial charge >= 0.3 is 64.6 Å². The minimum atomic E-state index is -0.107. The standard InChI is InChI=1S/3C21H42O2S.C4H9.Sn/c3*1-20(2)16-14-12-10-8-6-4-3-5-7-9-11-13-15-18-23-21(22)17-19-24;1-3-4-2;/h3*20,24H,3-19H2,1-2H3;1,3-4H2,2H3;. The van der Waals surface area contributed by atoms with E-state index in [1.54, 1.807) is 22.5 Å². The van der Waals surface area contributed by atoms with Gasteiger partial charge in [-0.1, -0.05) is 292 Å². The Hall–Kier alpha value is 0.259. The van der Waals surface area contributed by atoms with Crippen LogP contribution in [-0.4, -0.2) is 77.5 Å². The zero-order valence-electron chi connectivity index (χ0n) is 52.7. The van der Waals surface area contributed by atoms with Gasteiger partial charge in [-0.2, -0.15) is 37.9 Å². The van der Waals surface area contributed by atoms with E-state index in [1.165, 1.54) is 268 Å². The van der Waals surface area contributed by atoms with Crippen LogP contribution in [-0.2, 0) is 28.6 Å². The summed E-state index contributed by atoms with van der Waals surface area (Å²) in [6.07, 6.45) is 61.0. The molecule has 0 amide bonds. The second kappa shape index (κ2) is 76.3. The van der Waals surface area contributed by atoms with Crippen LogP contribution in [0, 0.1) is 17.8 Å². The Morgan fingerprint density at radius 3 is 0.597 bits per heavy atom. The van der Waals surface area contributed by atoms with E-state index >= 15 is 0 Å². The van der Waals surface area contributed by atoms with Crippen molar-refractivity contribution >= 4 is 78.3 Å². The van der Waals surface area contributed by atoms with Crippen molar-refractivity contribution < 1.29 is 28.6 Å². The third-order valence-corrected chi connectivity index (χ3v) is 15.7. The Morgan fingerprint density at radius 2 is 0.468 bits per heavy atom. The first-order valence-electron chi connectivity index (χ1n) is 33.3. The van der Waals surface area contributed by atoms with Crippen LogP contribution in [0.5, 0.6) is 0 Å². The number of hydrogen-bond donors (Lipinski definition) is 3. The second-order valence-corrected chi connectivity index (χ2v) is 26.3. The average Bonchev–Trinajstić information content (AvgIpc) is 3.39. The van der Waals surface area contributed by atoms with Gasteiger partial charge in [0.25, 0.3) is 0 Å². The number of carbonyl (C=O) groups is 3. The number of thiol groups is 3. The van der Waals surface area contributed by atoms with Crippen molar-refractivity contribution in [2.24, 2.45) is 17.8 Å². The van der Waals surface area contributed by atoms with Gasteiger partial charge in [0.05, 0.1) is 39.1 Å². The Morgan fingerprint density at radius 1 is 0.299 bits per heavy atom. The summed E-state index contributed by atoms with van der Waals surface area (Å²) >= 11 is 13.7. The molecule has 461 valence electrons. The van der Waals surface area contributed by atoms with Crippen LogP contribution in [0.3, 0.4) is 0 Å². The summed E-state index contributed by atoms with van der Waals surface area (Å²) in [6.45, 7) is 17.9. The van der Waals surface area contributed by atoms with Crippen LogP contribution in [0.2, 0.25) is 4.44 Å². The predicted octanol–water partition coefficient (Wildman–Crippen LogP) is 22.3. The molecule has 0 aromatic heterocycles. The van der Waals surface area contributed by atoms with Crippen molar-refractivity contribution in [2.75, 3.05) is 37.1 Å². The van der Waals surface area contributed by atoms with Crippen molar-refractivity contribution in [3.63, 3.8) is 0 Å². The van der Waals surface area contributed by atoms with Crippen molar-refractivity contribution in [3.8, 4) is 0 Å². The molecular weight excluding hydrogens is 1120 g/mol. The molecule has 0 atom stereocenters. The molecule has 77 heavy (non-hydrogen) atoms. The van der Waals surface area contributed by atoms with Crippen LogP contribution in [0.25, 0.3) is 0 Å². The summed E-state index contributed by atoms with van der Waals surface area (Å²) in [5.74, 6) is 4.04. The first kappa shape index (κ1) is 83.7. The molecule has 0 aromatic carbocycles. The zero-order valence-corrected chi connectivity index (χ0v) is 58.2. The summed E-state index contributed by atoms with van der Waals surface area (Å²) < 4.78 is 16.8. The van der Waals surface area contributed by atoms with Crippen molar-refractivity contribution in [1.29, 1.82) is 0 Å². The number of unbranched alkanes of at least 4 members (excludes halogenated alkanes) is 37. The molecule has 0 aliphatic heterocycles. The number of rotatable bonds is 56. The van der Waals surface area contributed by atoms with E-state index in [0.717, 1.165) is 37.0 Å². The molecule has 0 N–H and O–H groups in total. The first-order chi connectivity index (χ1) is 37.4. The van der Waals surface area contributed by atoms with E-state index in [2.05, 4.69) is 86.4 Å². The number of ether oxygens (including phenoxy) is 3. The van der Waals surface area contributed by atoms with Gasteiger partial charge in [-0.15, -0.1) is 0 Å². The molecule has 0 rings (SSSR count). The van der Waals surface area contributed by atoms with Crippen LogP contribution >= 0.6 is 37.9 Å². The summed E-state index contributed by atoms with van der Waals surface area (Å²) in [5, 5.41) is 0. The van der Waals surface area contributed by atoms with Crippen LogP contribution in [0.15, 0.2) is 0 Å². The van der Waals surface area contributed by atoms with E-state index in [-0.39, 0.29) is 17.9 Å². The van der Waals surface area contributed by atoms with Crippen molar-refractivity contribution in [1.82, 2.24) is 0 Å². The van der Waals surface area contributed by atoms with Crippen molar-refractivity contribution in [3.05, 3.63) is 0 Å². The van der Waals surface area contributed by atoms with Gasteiger partial charge in [-0.25, -0.2) is 0 Å². The van der Waals surface area contributed by atoms with Gasteiger partial charge in [-0.3, -0.25) is 14.4 Å². The molecule has 0 aromatic rings. The van der Waals surface area contributed by atoms with Gasteiger partial charge in [0.1, 0.15) is 0 Å². The molecule has 0 aliphatic rings. The molecule has 0 fully saturated rings. The quantitative estimate of drug-likeness (QED) is 0.0185. The van der Waals surface area contributed by atoms with E-state index in [9.17, 15) is 14.4 Å². The maximum atomic E-state index is 11.1. The Kier molecular flexibility index (Phi) is 82.9. The third kappa shape index (κ3) is 90.3. The first-order valence-corrected chi connectivity index (χ1v) is 37.3. The molecule has 0 aliphatic carbocycles. The predicted molar refractivity (Wildman–Crippen MR) is 352 cm³/mol. The zero-order chi connectivity index (χ0) is 57.8.